The van der Waals surface area contributed by atoms with Crippen molar-refractivity contribution in [1.29, 1.82) is 5.26 Å². The lowest BCUT2D eigenvalue weighted by molar-refractivity contribution is 0.268. The molecule has 4 nitrogen and oxygen atoms in total. The Morgan fingerprint density at radius 1 is 1.75 bits per heavy atom. The Balaban J connectivity index is 2.80. The minimum absolute atomic E-state index is 0.00721. The van der Waals surface area contributed by atoms with Gasteiger partial charge in [0.2, 0.25) is 0 Å². The maximum Gasteiger partial charge on any atom is 0.138 e. The Bertz CT molecular complexity index is 287. The molecule has 1 atom stereocenters. The van der Waals surface area contributed by atoms with E-state index in [1.807, 2.05) is 6.07 Å². The van der Waals surface area contributed by atoms with Crippen LogP contribution in [0.4, 0.5) is 0 Å². The normalized spacial score (nSPS) is 12.4. The number of aliphatic hydroxyl groups excluding tert-OH is 1. The number of furan rings is 1. The van der Waals surface area contributed by atoms with E-state index in [1.54, 1.807) is 6.07 Å². The fourth-order valence-electron chi connectivity index (χ4n) is 0.971. The van der Waals surface area contributed by atoms with E-state index in [-0.39, 0.29) is 12.6 Å². The fraction of sp³-hybridized carbons (Fsp3) is 0.375. The molecule has 1 rings (SSSR count). The van der Waals surface area contributed by atoms with Crippen LogP contribution in [0.2, 0.25) is 0 Å². The van der Waals surface area contributed by atoms with Gasteiger partial charge in [-0.2, -0.15) is 5.26 Å². The van der Waals surface area contributed by atoms with Gasteiger partial charge in [-0.05, 0) is 12.5 Å². The number of aliphatic hydroxyl groups is 1. The first kappa shape index (κ1) is 8.78. The molecular weight excluding hydrogens is 156 g/mol. The Hall–Kier alpha value is -1.31. The van der Waals surface area contributed by atoms with Crippen LogP contribution in [0.25, 0.3) is 0 Å². The van der Waals surface area contributed by atoms with E-state index in [9.17, 15) is 0 Å². The van der Waals surface area contributed by atoms with Gasteiger partial charge in [0, 0.05) is 6.61 Å². The summed E-state index contributed by atoms with van der Waals surface area (Å²) in [4.78, 5) is 0. The molecule has 0 aliphatic rings. The lowest BCUT2D eigenvalue weighted by atomic mass is 10.1. The van der Waals surface area contributed by atoms with Gasteiger partial charge in [0.05, 0.1) is 17.9 Å². The summed E-state index contributed by atoms with van der Waals surface area (Å²) in [5.74, 6) is 0.451. The Labute approximate surface area is 70.2 Å². The number of hydrogen-bond donors (Lipinski definition) is 2. The summed E-state index contributed by atoms with van der Waals surface area (Å²) in [6.07, 6.45) is 1.83. The van der Waals surface area contributed by atoms with E-state index in [4.69, 9.17) is 20.5 Å². The quantitative estimate of drug-likeness (QED) is 0.686. The predicted octanol–water partition coefficient (Wildman–Crippen LogP) is 0.533. The smallest absolute Gasteiger partial charge is 0.138 e. The topological polar surface area (TPSA) is 83.2 Å². The van der Waals surface area contributed by atoms with Crippen LogP contribution in [0.1, 0.15) is 23.8 Å². The van der Waals surface area contributed by atoms with E-state index in [0.29, 0.717) is 17.7 Å². The van der Waals surface area contributed by atoms with Crippen molar-refractivity contribution in [1.82, 2.24) is 0 Å². The first-order valence-corrected chi connectivity index (χ1v) is 3.63. The van der Waals surface area contributed by atoms with Gasteiger partial charge in [0.15, 0.2) is 0 Å². The molecule has 0 bridgehead atoms. The van der Waals surface area contributed by atoms with Crippen molar-refractivity contribution in [3.05, 3.63) is 23.7 Å². The Morgan fingerprint density at radius 2 is 2.50 bits per heavy atom. The van der Waals surface area contributed by atoms with Gasteiger partial charge < -0.3 is 15.3 Å². The minimum atomic E-state index is -0.389. The number of nitrogens with two attached hydrogens (primary N) is 1. The molecule has 1 unspecified atom stereocenters. The summed E-state index contributed by atoms with van der Waals surface area (Å²) >= 11 is 0. The van der Waals surface area contributed by atoms with Crippen LogP contribution >= 0.6 is 0 Å². The maximum atomic E-state index is 8.60. The molecular formula is C8H10N2O2. The van der Waals surface area contributed by atoms with Gasteiger partial charge in [0.25, 0.3) is 0 Å². The molecule has 0 radical (unpaired) electrons. The van der Waals surface area contributed by atoms with Gasteiger partial charge >= 0.3 is 0 Å². The van der Waals surface area contributed by atoms with Gasteiger partial charge in [-0.25, -0.2) is 0 Å². The number of rotatable bonds is 3. The van der Waals surface area contributed by atoms with Crippen molar-refractivity contribution < 1.29 is 9.52 Å². The first-order chi connectivity index (χ1) is 5.79. The molecule has 4 heteroatoms. The molecule has 12 heavy (non-hydrogen) atoms. The Kier molecular flexibility index (Phi) is 2.86. The summed E-state index contributed by atoms with van der Waals surface area (Å²) < 4.78 is 5.01. The second-order valence-electron chi connectivity index (χ2n) is 2.43. The van der Waals surface area contributed by atoms with E-state index in [1.165, 1.54) is 6.26 Å². The number of nitrogens with zero attached hydrogens (tertiary/aromatic N) is 1. The van der Waals surface area contributed by atoms with E-state index < -0.39 is 0 Å². The first-order valence-electron chi connectivity index (χ1n) is 3.63. The fourth-order valence-corrected chi connectivity index (χ4v) is 0.971. The summed E-state index contributed by atoms with van der Waals surface area (Å²) in [7, 11) is 0. The predicted molar refractivity (Wildman–Crippen MR) is 42.1 cm³/mol. The Morgan fingerprint density at radius 3 is 3.08 bits per heavy atom. The van der Waals surface area contributed by atoms with Crippen LogP contribution in [0.5, 0.6) is 0 Å². The van der Waals surface area contributed by atoms with E-state index in [2.05, 4.69) is 0 Å². The highest BCUT2D eigenvalue weighted by Gasteiger charge is 2.13. The molecule has 3 N–H and O–H groups in total. The van der Waals surface area contributed by atoms with Crippen molar-refractivity contribution in [2.45, 2.75) is 12.5 Å². The largest absolute Gasteiger partial charge is 0.466 e. The third kappa shape index (κ3) is 1.64. The van der Waals surface area contributed by atoms with Gasteiger partial charge in [-0.3, -0.25) is 0 Å². The maximum absolute atomic E-state index is 8.60. The van der Waals surface area contributed by atoms with Gasteiger partial charge in [-0.15, -0.1) is 0 Å². The highest BCUT2D eigenvalue weighted by Crippen LogP contribution is 2.18. The van der Waals surface area contributed by atoms with Crippen molar-refractivity contribution >= 4 is 0 Å². The van der Waals surface area contributed by atoms with Gasteiger partial charge in [-0.1, -0.05) is 0 Å². The number of hydrogen-bond acceptors (Lipinski definition) is 4. The molecule has 1 aromatic rings. The molecule has 0 saturated heterocycles. The molecule has 0 aromatic carbocycles. The monoisotopic (exact) mass is 166 g/mol. The summed E-state index contributed by atoms with van der Waals surface area (Å²) in [5.41, 5.74) is 6.06. The standard InChI is InChI=1S/C8H10N2O2/c9-5-6-2-4-12-8(6)7(10)1-3-11/h2,4,7,11H,1,3,10H2. The lowest BCUT2D eigenvalue weighted by Crippen LogP contribution is -2.12. The minimum Gasteiger partial charge on any atom is -0.466 e. The third-order valence-electron chi connectivity index (χ3n) is 1.59. The molecule has 0 fully saturated rings. The molecule has 0 amide bonds. The zero-order valence-electron chi connectivity index (χ0n) is 6.53. The van der Waals surface area contributed by atoms with Crippen molar-refractivity contribution in [3.63, 3.8) is 0 Å². The highest BCUT2D eigenvalue weighted by molar-refractivity contribution is 5.32. The summed E-state index contributed by atoms with van der Waals surface area (Å²) in [5, 5.41) is 17.2. The molecule has 0 aliphatic heterocycles. The van der Waals surface area contributed by atoms with Crippen LogP contribution in [-0.2, 0) is 0 Å². The SMILES string of the molecule is N#Cc1ccoc1C(N)CCO. The molecule has 0 spiro atoms. The zero-order valence-corrected chi connectivity index (χ0v) is 6.53. The van der Waals surface area contributed by atoms with Crippen LogP contribution in [-0.4, -0.2) is 11.7 Å². The van der Waals surface area contributed by atoms with Crippen molar-refractivity contribution in [3.8, 4) is 6.07 Å². The summed E-state index contributed by atoms with van der Waals surface area (Å²) in [6, 6.07) is 3.13. The van der Waals surface area contributed by atoms with E-state index >= 15 is 0 Å². The average molecular weight is 166 g/mol. The summed E-state index contributed by atoms with van der Waals surface area (Å²) in [6.45, 7) is -0.00721. The van der Waals surface area contributed by atoms with Crippen LogP contribution < -0.4 is 5.73 Å². The van der Waals surface area contributed by atoms with Crippen molar-refractivity contribution in [2.75, 3.05) is 6.61 Å². The van der Waals surface area contributed by atoms with E-state index in [0.717, 1.165) is 0 Å². The van der Waals surface area contributed by atoms with Crippen LogP contribution in [0, 0.1) is 11.3 Å². The van der Waals surface area contributed by atoms with Crippen LogP contribution in [0.15, 0.2) is 16.7 Å². The second kappa shape index (κ2) is 3.90. The number of nitriles is 1. The molecule has 64 valence electrons. The third-order valence-corrected chi connectivity index (χ3v) is 1.59. The zero-order chi connectivity index (χ0) is 8.97. The van der Waals surface area contributed by atoms with Crippen LogP contribution in [0.3, 0.4) is 0 Å². The average Bonchev–Trinajstić information content (AvgIpc) is 2.51. The second-order valence-corrected chi connectivity index (χ2v) is 2.43. The lowest BCUT2D eigenvalue weighted by Gasteiger charge is -2.05. The van der Waals surface area contributed by atoms with Crippen molar-refractivity contribution in [2.24, 2.45) is 5.73 Å². The molecule has 1 heterocycles. The highest BCUT2D eigenvalue weighted by atomic mass is 16.3. The van der Waals surface area contributed by atoms with Gasteiger partial charge in [0.1, 0.15) is 11.8 Å². The molecule has 0 aliphatic carbocycles. The molecule has 1 aromatic heterocycles. The molecule has 0 saturated carbocycles.